The highest BCUT2D eigenvalue weighted by Gasteiger charge is 2.38. The van der Waals surface area contributed by atoms with Crippen molar-refractivity contribution in [2.45, 2.75) is 37.5 Å². The first-order valence-corrected chi connectivity index (χ1v) is 3.71. The molecule has 0 aromatic rings. The fraction of sp³-hybridized carbons (Fsp3) is 1.00. The summed E-state index contributed by atoms with van der Waals surface area (Å²) in [5, 5.41) is 18.4. The molecule has 4 atom stereocenters. The number of rotatable bonds is 2. The molecule has 0 aliphatic carbocycles. The third-order valence-electron chi connectivity index (χ3n) is 1.87. The van der Waals surface area contributed by atoms with Crippen LogP contribution in [0.2, 0.25) is 13.1 Å². The summed E-state index contributed by atoms with van der Waals surface area (Å²) < 4.78 is 5.07. The predicted octanol–water partition coefficient (Wildman–Crippen LogP) is -1.23. The van der Waals surface area contributed by atoms with Crippen molar-refractivity contribution in [3.8, 4) is 0 Å². The van der Waals surface area contributed by atoms with E-state index in [1.807, 2.05) is 14.1 Å². The Labute approximate surface area is 68.4 Å². The summed E-state index contributed by atoms with van der Waals surface area (Å²) in [6, 6.07) is -0.741. The molecular formula is C6H11B2O3. The summed E-state index contributed by atoms with van der Waals surface area (Å²) in [5.74, 6) is 0. The number of hydrogen-bond acceptors (Lipinski definition) is 3. The minimum Gasteiger partial charge on any atom is -0.388 e. The molecule has 1 aliphatic rings. The molecule has 1 aliphatic heterocycles. The summed E-state index contributed by atoms with van der Waals surface area (Å²) >= 11 is 0. The average Bonchev–Trinajstić information content (AvgIpc) is 2.19. The molecule has 1 rings (SSSR count). The summed E-state index contributed by atoms with van der Waals surface area (Å²) in [7, 11) is 7.22. The van der Waals surface area contributed by atoms with Gasteiger partial charge in [0, 0.05) is 6.00 Å². The predicted molar refractivity (Wildman–Crippen MR) is 42.9 cm³/mol. The Kier molecular flexibility index (Phi) is 2.98. The van der Waals surface area contributed by atoms with Gasteiger partial charge in [0.15, 0.2) is 0 Å². The molecule has 0 saturated carbocycles. The topological polar surface area (TPSA) is 49.7 Å². The molecule has 1 fully saturated rings. The first kappa shape index (κ1) is 9.10. The van der Waals surface area contributed by atoms with Crippen molar-refractivity contribution in [3.05, 3.63) is 0 Å². The second-order valence-corrected chi connectivity index (χ2v) is 2.76. The van der Waals surface area contributed by atoms with Crippen molar-refractivity contribution < 1.29 is 14.9 Å². The van der Waals surface area contributed by atoms with Gasteiger partial charge in [-0.25, -0.2) is 0 Å². The first-order chi connectivity index (χ1) is 5.16. The summed E-state index contributed by atoms with van der Waals surface area (Å²) in [6.07, 6.45) is -1.52. The van der Waals surface area contributed by atoms with E-state index in [-0.39, 0.29) is 6.10 Å². The molecule has 59 valence electrons. The summed E-state index contributed by atoms with van der Waals surface area (Å²) in [4.78, 5) is 0. The van der Waals surface area contributed by atoms with Gasteiger partial charge in [-0.3, -0.25) is 0 Å². The van der Waals surface area contributed by atoms with Crippen LogP contribution in [-0.4, -0.2) is 49.7 Å². The number of ether oxygens (including phenoxy) is 1. The van der Waals surface area contributed by atoms with Crippen LogP contribution in [0.4, 0.5) is 0 Å². The fourth-order valence-corrected chi connectivity index (χ4v) is 1.20. The monoisotopic (exact) mass is 153 g/mol. The molecule has 3 nitrogen and oxygen atoms in total. The van der Waals surface area contributed by atoms with E-state index < -0.39 is 18.2 Å². The van der Waals surface area contributed by atoms with Crippen LogP contribution in [0, 0.1) is 0 Å². The molecule has 11 heavy (non-hydrogen) atoms. The Hall–Kier alpha value is 0.00987. The van der Waals surface area contributed by atoms with Crippen LogP contribution in [0.15, 0.2) is 0 Å². The number of aliphatic hydroxyl groups is 2. The van der Waals surface area contributed by atoms with Gasteiger partial charge in [0.25, 0.3) is 0 Å². The van der Waals surface area contributed by atoms with Crippen LogP contribution >= 0.6 is 0 Å². The fourth-order valence-electron chi connectivity index (χ4n) is 1.20. The molecule has 0 spiro atoms. The summed E-state index contributed by atoms with van der Waals surface area (Å²) in [6.45, 7) is 1.87. The molecule has 4 unspecified atom stereocenters. The summed E-state index contributed by atoms with van der Waals surface area (Å²) in [5.41, 5.74) is 0. The van der Waals surface area contributed by atoms with Gasteiger partial charge < -0.3 is 14.9 Å². The van der Waals surface area contributed by atoms with Crippen molar-refractivity contribution in [3.63, 3.8) is 0 Å². The Bertz CT molecular complexity index is 133. The van der Waals surface area contributed by atoms with E-state index in [0.717, 1.165) is 0 Å². The molecule has 2 N–H and O–H groups in total. The van der Waals surface area contributed by atoms with Gasteiger partial charge in [-0.05, 0) is 0 Å². The lowest BCUT2D eigenvalue weighted by Gasteiger charge is -2.12. The van der Waals surface area contributed by atoms with Crippen LogP contribution in [0.5, 0.6) is 0 Å². The highest BCUT2D eigenvalue weighted by molar-refractivity contribution is 6.33. The van der Waals surface area contributed by atoms with E-state index in [9.17, 15) is 5.11 Å². The van der Waals surface area contributed by atoms with E-state index in [1.165, 1.54) is 0 Å². The van der Waals surface area contributed by atoms with Crippen LogP contribution in [0.3, 0.4) is 0 Å². The van der Waals surface area contributed by atoms with E-state index in [1.54, 1.807) is 0 Å². The van der Waals surface area contributed by atoms with Crippen LogP contribution in [0.25, 0.3) is 0 Å². The Morgan fingerprint density at radius 1 is 1.45 bits per heavy atom. The van der Waals surface area contributed by atoms with Crippen LogP contribution in [-0.2, 0) is 4.74 Å². The zero-order valence-corrected chi connectivity index (χ0v) is 6.47. The maximum atomic E-state index is 9.28. The minimum absolute atomic E-state index is 0.343. The highest BCUT2D eigenvalue weighted by atomic mass is 16.5. The Morgan fingerprint density at radius 2 is 2.09 bits per heavy atom. The van der Waals surface area contributed by atoms with Gasteiger partial charge in [-0.2, -0.15) is 0 Å². The van der Waals surface area contributed by atoms with E-state index in [2.05, 4.69) is 0 Å². The SMILES string of the molecule is [B]C1OC(C[B]C)C(O)C1O. The minimum atomic E-state index is -0.944. The van der Waals surface area contributed by atoms with Crippen molar-refractivity contribution >= 4 is 15.1 Å². The maximum absolute atomic E-state index is 9.28. The van der Waals surface area contributed by atoms with Crippen molar-refractivity contribution in [1.82, 2.24) is 0 Å². The van der Waals surface area contributed by atoms with Crippen LogP contribution < -0.4 is 0 Å². The molecule has 1 heterocycles. The Morgan fingerprint density at radius 3 is 2.45 bits per heavy atom. The van der Waals surface area contributed by atoms with Gasteiger partial charge in [0.05, 0.1) is 12.2 Å². The maximum Gasteiger partial charge on any atom is 0.112 e. The van der Waals surface area contributed by atoms with Crippen molar-refractivity contribution in [2.75, 3.05) is 0 Å². The molecule has 0 aromatic carbocycles. The third-order valence-corrected chi connectivity index (χ3v) is 1.87. The van der Waals surface area contributed by atoms with E-state index in [4.69, 9.17) is 17.7 Å². The lowest BCUT2D eigenvalue weighted by atomic mass is 9.74. The Balaban J connectivity index is 2.45. The molecule has 3 radical (unpaired) electrons. The zero-order valence-electron chi connectivity index (χ0n) is 6.47. The molecule has 0 bridgehead atoms. The highest BCUT2D eigenvalue weighted by Crippen LogP contribution is 2.21. The van der Waals surface area contributed by atoms with Crippen molar-refractivity contribution in [1.29, 1.82) is 0 Å². The molecule has 0 amide bonds. The molecule has 5 heteroatoms. The third kappa shape index (κ3) is 1.78. The smallest absolute Gasteiger partial charge is 0.112 e. The number of hydrogen-bond donors (Lipinski definition) is 2. The number of aliphatic hydroxyl groups excluding tert-OH is 2. The molecule has 0 aromatic heterocycles. The molecular weight excluding hydrogens is 142 g/mol. The standard InChI is InChI=1S/C6H11B2O3/c1-8-2-3-4(9)5(10)6(7)11-3/h3-6,9-10H,2H2,1H3. The second-order valence-electron chi connectivity index (χ2n) is 2.76. The lowest BCUT2D eigenvalue weighted by Crippen LogP contribution is -2.32. The van der Waals surface area contributed by atoms with Crippen LogP contribution in [0.1, 0.15) is 0 Å². The largest absolute Gasteiger partial charge is 0.388 e. The van der Waals surface area contributed by atoms with Gasteiger partial charge in [-0.1, -0.05) is 13.1 Å². The van der Waals surface area contributed by atoms with E-state index >= 15 is 0 Å². The normalized spacial score (nSPS) is 44.3. The van der Waals surface area contributed by atoms with E-state index in [0.29, 0.717) is 6.32 Å². The van der Waals surface area contributed by atoms with Crippen molar-refractivity contribution in [2.24, 2.45) is 0 Å². The average molecular weight is 153 g/mol. The van der Waals surface area contributed by atoms with Gasteiger partial charge in [0.1, 0.15) is 21.2 Å². The van der Waals surface area contributed by atoms with Gasteiger partial charge in [0.2, 0.25) is 0 Å². The lowest BCUT2D eigenvalue weighted by molar-refractivity contribution is 0.0318. The molecule has 1 saturated heterocycles. The quantitative estimate of drug-likeness (QED) is 0.488. The first-order valence-electron chi connectivity index (χ1n) is 3.71. The zero-order chi connectivity index (χ0) is 8.43. The van der Waals surface area contributed by atoms with Gasteiger partial charge >= 0.3 is 0 Å². The van der Waals surface area contributed by atoms with Gasteiger partial charge in [-0.15, -0.1) is 0 Å². The second kappa shape index (κ2) is 3.61.